The molecule has 3 rings (SSSR count). The van der Waals surface area contributed by atoms with E-state index in [1.807, 2.05) is 80.6 Å². The summed E-state index contributed by atoms with van der Waals surface area (Å²) in [6.07, 6.45) is 4.80. The van der Waals surface area contributed by atoms with E-state index in [1.165, 1.54) is 4.90 Å². The van der Waals surface area contributed by atoms with Crippen LogP contribution in [0.4, 0.5) is 9.59 Å². The number of hydrogen-bond donors (Lipinski definition) is 4. The molecule has 1 saturated heterocycles. The van der Waals surface area contributed by atoms with Gasteiger partial charge in [-0.3, -0.25) is 9.59 Å². The predicted octanol–water partition coefficient (Wildman–Crippen LogP) is 5.61. The van der Waals surface area contributed by atoms with Crippen molar-refractivity contribution in [2.24, 2.45) is 11.8 Å². The number of carbonyl (C=O) groups is 5. The molecule has 4 N–H and O–H groups in total. The Bertz CT molecular complexity index is 1460. The van der Waals surface area contributed by atoms with Crippen molar-refractivity contribution >= 4 is 30.0 Å². The summed E-state index contributed by atoms with van der Waals surface area (Å²) in [6.45, 7) is 10.1. The summed E-state index contributed by atoms with van der Waals surface area (Å²) in [7, 11) is 0. The minimum atomic E-state index is -1.20. The Balaban J connectivity index is 1.65. The highest BCUT2D eigenvalue weighted by molar-refractivity contribution is 5.92. The Morgan fingerprint density at radius 1 is 0.922 bits per heavy atom. The second kappa shape index (κ2) is 20.1. The number of alkyl carbamates (subject to hydrolysis) is 2. The zero-order valence-corrected chi connectivity index (χ0v) is 30.4. The number of benzene rings is 2. The predicted molar refractivity (Wildman–Crippen MR) is 194 cm³/mol. The first-order valence-electron chi connectivity index (χ1n) is 17.7. The molecular weight excluding hydrogens is 652 g/mol. The molecule has 0 spiro atoms. The zero-order chi connectivity index (χ0) is 37.4. The maximum absolute atomic E-state index is 14.2. The van der Waals surface area contributed by atoms with E-state index in [9.17, 15) is 29.1 Å². The number of rotatable bonds is 17. The van der Waals surface area contributed by atoms with Crippen molar-refractivity contribution in [1.29, 1.82) is 0 Å². The highest BCUT2D eigenvalue weighted by Crippen LogP contribution is 2.24. The van der Waals surface area contributed by atoms with Crippen LogP contribution in [0, 0.1) is 11.8 Å². The number of carbonyl (C=O) groups excluding carboxylic acids is 4. The fraction of sp³-hybridized carbons (Fsp3) is 0.513. The van der Waals surface area contributed by atoms with Crippen molar-refractivity contribution < 1.29 is 38.6 Å². The van der Waals surface area contributed by atoms with E-state index in [0.29, 0.717) is 32.2 Å². The van der Waals surface area contributed by atoms with Crippen molar-refractivity contribution in [3.63, 3.8) is 0 Å². The normalized spacial score (nSPS) is 16.3. The number of nitrogens with one attached hydrogen (secondary N) is 3. The van der Waals surface area contributed by atoms with Crippen LogP contribution >= 0.6 is 0 Å². The standard InChI is InChI=1S/C39H54N4O8/c1-27(2)24-31(41-38(49)51-39(3,4)5)21-20-30(25-28-14-8-6-9-15-28)35(45)43-23-13-19-33(43)34(44)42-32(36(46)47)18-12-22-40-37(48)50-26-29-16-10-7-11-17-29/h6-11,14-17,20-21,27,30-33H,12-13,18-19,22-26H2,1-5H3,(H,40,48)(H,41,49)(H,42,44)(H,46,47)/b21-20+/t30-,31-,32?,33-/m1/s1. The molecule has 4 atom stereocenters. The van der Waals surface area contributed by atoms with E-state index < -0.39 is 47.7 Å². The van der Waals surface area contributed by atoms with Crippen molar-refractivity contribution in [2.45, 2.75) is 103 Å². The Morgan fingerprint density at radius 3 is 2.18 bits per heavy atom. The van der Waals surface area contributed by atoms with Gasteiger partial charge in [0.15, 0.2) is 0 Å². The molecule has 0 aromatic heterocycles. The largest absolute Gasteiger partial charge is 0.480 e. The quantitative estimate of drug-likeness (QED) is 0.122. The van der Waals surface area contributed by atoms with Crippen LogP contribution in [-0.2, 0) is 36.9 Å². The fourth-order valence-electron chi connectivity index (χ4n) is 5.84. The third-order valence-electron chi connectivity index (χ3n) is 8.22. The van der Waals surface area contributed by atoms with Gasteiger partial charge in [-0.15, -0.1) is 0 Å². The van der Waals surface area contributed by atoms with Crippen LogP contribution in [-0.4, -0.2) is 76.8 Å². The Kier molecular flexibility index (Phi) is 16.0. The molecule has 1 heterocycles. The number of nitrogens with zero attached hydrogens (tertiary/aromatic N) is 1. The number of carboxylic acids is 1. The van der Waals surface area contributed by atoms with Gasteiger partial charge in [0.2, 0.25) is 11.8 Å². The second-order valence-corrected chi connectivity index (χ2v) is 14.3. The van der Waals surface area contributed by atoms with E-state index >= 15 is 0 Å². The maximum atomic E-state index is 14.2. The van der Waals surface area contributed by atoms with Crippen molar-refractivity contribution in [2.75, 3.05) is 13.1 Å². The van der Waals surface area contributed by atoms with Gasteiger partial charge in [-0.2, -0.15) is 0 Å². The average Bonchev–Trinajstić information content (AvgIpc) is 3.56. The molecule has 12 nitrogen and oxygen atoms in total. The SMILES string of the molecule is CC(C)C[C@@H](/C=C/[C@H](Cc1ccccc1)C(=O)N1CCC[C@@H]1C(=O)NC(CCCNC(=O)OCc1ccccc1)C(=O)O)NC(=O)OC(C)(C)C. The number of aliphatic carboxylic acids is 1. The minimum absolute atomic E-state index is 0.0714. The lowest BCUT2D eigenvalue weighted by Crippen LogP contribution is -2.52. The van der Waals surface area contributed by atoms with Gasteiger partial charge in [0.05, 0.1) is 12.0 Å². The zero-order valence-electron chi connectivity index (χ0n) is 30.4. The lowest BCUT2D eigenvalue weighted by Gasteiger charge is -2.28. The fourth-order valence-corrected chi connectivity index (χ4v) is 5.84. The number of likely N-dealkylation sites (tertiary alicyclic amines) is 1. The van der Waals surface area contributed by atoms with Crippen molar-refractivity contribution in [3.05, 3.63) is 83.9 Å². The average molecular weight is 707 g/mol. The van der Waals surface area contributed by atoms with Gasteiger partial charge in [0.25, 0.3) is 0 Å². The first kappa shape index (κ1) is 40.6. The molecule has 51 heavy (non-hydrogen) atoms. The molecule has 1 fully saturated rings. The molecule has 1 unspecified atom stereocenters. The molecule has 0 radical (unpaired) electrons. The number of ether oxygens (including phenoxy) is 2. The van der Waals surface area contributed by atoms with Gasteiger partial charge in [0, 0.05) is 13.1 Å². The molecule has 1 aliphatic heterocycles. The summed E-state index contributed by atoms with van der Waals surface area (Å²) in [4.78, 5) is 66.0. The molecule has 2 aromatic rings. The molecule has 2 aromatic carbocycles. The van der Waals surface area contributed by atoms with Gasteiger partial charge < -0.3 is 35.4 Å². The van der Waals surface area contributed by atoms with E-state index in [4.69, 9.17) is 9.47 Å². The van der Waals surface area contributed by atoms with Gasteiger partial charge in [-0.05, 0) is 76.3 Å². The Hall–Kier alpha value is -4.87. The van der Waals surface area contributed by atoms with Crippen LogP contribution < -0.4 is 16.0 Å². The van der Waals surface area contributed by atoms with E-state index in [1.54, 1.807) is 26.8 Å². The Labute approximate surface area is 301 Å². The minimum Gasteiger partial charge on any atom is -0.480 e. The summed E-state index contributed by atoms with van der Waals surface area (Å²) in [6, 6.07) is 16.4. The van der Waals surface area contributed by atoms with Gasteiger partial charge >= 0.3 is 18.2 Å². The highest BCUT2D eigenvalue weighted by Gasteiger charge is 2.38. The van der Waals surface area contributed by atoms with E-state index in [-0.39, 0.29) is 43.9 Å². The van der Waals surface area contributed by atoms with Gasteiger partial charge in [-0.25, -0.2) is 14.4 Å². The first-order chi connectivity index (χ1) is 24.2. The summed E-state index contributed by atoms with van der Waals surface area (Å²) in [5.74, 6) is -2.38. The summed E-state index contributed by atoms with van der Waals surface area (Å²) in [5, 5.41) is 18.0. The van der Waals surface area contributed by atoms with Crippen LogP contribution in [0.2, 0.25) is 0 Å². The summed E-state index contributed by atoms with van der Waals surface area (Å²) >= 11 is 0. The smallest absolute Gasteiger partial charge is 0.408 e. The third kappa shape index (κ3) is 14.9. The molecule has 12 heteroatoms. The molecule has 4 amide bonds. The first-order valence-corrected chi connectivity index (χ1v) is 17.7. The molecular formula is C39H54N4O8. The lowest BCUT2D eigenvalue weighted by atomic mass is 9.95. The van der Waals surface area contributed by atoms with Crippen LogP contribution in [0.1, 0.15) is 77.8 Å². The lowest BCUT2D eigenvalue weighted by molar-refractivity contribution is -0.144. The van der Waals surface area contributed by atoms with Crippen LogP contribution in [0.25, 0.3) is 0 Å². The van der Waals surface area contributed by atoms with E-state index in [0.717, 1.165) is 11.1 Å². The molecule has 0 aliphatic carbocycles. The van der Waals surface area contributed by atoms with Gasteiger partial charge in [0.1, 0.15) is 24.3 Å². The Morgan fingerprint density at radius 2 is 1.57 bits per heavy atom. The maximum Gasteiger partial charge on any atom is 0.408 e. The van der Waals surface area contributed by atoms with Crippen molar-refractivity contribution in [1.82, 2.24) is 20.9 Å². The second-order valence-electron chi connectivity index (χ2n) is 14.3. The molecule has 0 saturated carbocycles. The molecule has 0 bridgehead atoms. The topological polar surface area (TPSA) is 163 Å². The molecule has 278 valence electrons. The van der Waals surface area contributed by atoms with E-state index in [2.05, 4.69) is 16.0 Å². The summed E-state index contributed by atoms with van der Waals surface area (Å²) in [5.41, 5.74) is 1.11. The van der Waals surface area contributed by atoms with Crippen molar-refractivity contribution in [3.8, 4) is 0 Å². The summed E-state index contributed by atoms with van der Waals surface area (Å²) < 4.78 is 10.7. The monoisotopic (exact) mass is 706 g/mol. The van der Waals surface area contributed by atoms with Crippen LogP contribution in [0.15, 0.2) is 72.8 Å². The number of amides is 4. The van der Waals surface area contributed by atoms with Crippen LogP contribution in [0.3, 0.4) is 0 Å². The molecule has 1 aliphatic rings. The van der Waals surface area contributed by atoms with Crippen LogP contribution in [0.5, 0.6) is 0 Å². The number of hydrogen-bond acceptors (Lipinski definition) is 7. The third-order valence-corrected chi connectivity index (χ3v) is 8.22. The number of carboxylic acid groups (broad SMARTS) is 1. The highest BCUT2D eigenvalue weighted by atomic mass is 16.6. The van der Waals surface area contributed by atoms with Gasteiger partial charge in [-0.1, -0.05) is 86.7 Å².